The van der Waals surface area contributed by atoms with Gasteiger partial charge < -0.3 is 4.74 Å². The van der Waals surface area contributed by atoms with Gasteiger partial charge >= 0.3 is 0 Å². The van der Waals surface area contributed by atoms with Gasteiger partial charge in [-0.05, 0) is 50.2 Å². The Balaban J connectivity index is 1.83. The molecule has 128 valence electrons. The lowest BCUT2D eigenvalue weighted by molar-refractivity contribution is 0.102. The molecular formula is C19H17FN2O2S. The van der Waals surface area contributed by atoms with Crippen molar-refractivity contribution in [3.8, 4) is 17.0 Å². The minimum atomic E-state index is -0.294. The number of ether oxygens (including phenoxy) is 1. The summed E-state index contributed by atoms with van der Waals surface area (Å²) >= 11 is 1.38. The van der Waals surface area contributed by atoms with E-state index in [1.165, 1.54) is 23.5 Å². The molecule has 0 atom stereocenters. The Bertz CT molecular complexity index is 891. The van der Waals surface area contributed by atoms with Gasteiger partial charge in [0, 0.05) is 10.4 Å². The van der Waals surface area contributed by atoms with Gasteiger partial charge in [-0.1, -0.05) is 12.1 Å². The van der Waals surface area contributed by atoms with Crippen molar-refractivity contribution in [3.05, 3.63) is 64.8 Å². The Morgan fingerprint density at radius 2 is 1.92 bits per heavy atom. The van der Waals surface area contributed by atoms with E-state index in [0.29, 0.717) is 23.1 Å². The number of carbonyl (C=O) groups is 1. The number of nitrogens with zero attached hydrogens (tertiary/aromatic N) is 1. The van der Waals surface area contributed by atoms with E-state index in [1.54, 1.807) is 30.3 Å². The molecule has 0 aliphatic heterocycles. The molecule has 0 fully saturated rings. The van der Waals surface area contributed by atoms with E-state index >= 15 is 0 Å². The lowest BCUT2D eigenvalue weighted by Gasteiger charge is -2.08. The first-order chi connectivity index (χ1) is 12.1. The summed E-state index contributed by atoms with van der Waals surface area (Å²) in [6.45, 7) is 4.27. The predicted molar refractivity (Wildman–Crippen MR) is 97.8 cm³/mol. The maximum Gasteiger partial charge on any atom is 0.261 e. The van der Waals surface area contributed by atoms with Gasteiger partial charge in [-0.3, -0.25) is 10.1 Å². The van der Waals surface area contributed by atoms with E-state index in [0.717, 1.165) is 16.1 Å². The number of para-hydroxylation sites is 1. The van der Waals surface area contributed by atoms with Gasteiger partial charge in [0.1, 0.15) is 11.6 Å². The van der Waals surface area contributed by atoms with Crippen molar-refractivity contribution >= 4 is 22.4 Å². The Morgan fingerprint density at radius 1 is 1.20 bits per heavy atom. The van der Waals surface area contributed by atoms with Gasteiger partial charge in [-0.2, -0.15) is 0 Å². The van der Waals surface area contributed by atoms with Crippen LogP contribution in [0.2, 0.25) is 0 Å². The zero-order chi connectivity index (χ0) is 17.8. The molecule has 0 bridgehead atoms. The van der Waals surface area contributed by atoms with Crippen LogP contribution in [0.15, 0.2) is 48.5 Å². The highest BCUT2D eigenvalue weighted by molar-refractivity contribution is 7.16. The average molecular weight is 356 g/mol. The Morgan fingerprint density at radius 3 is 2.64 bits per heavy atom. The van der Waals surface area contributed by atoms with E-state index < -0.39 is 0 Å². The third kappa shape index (κ3) is 3.85. The number of rotatable bonds is 5. The minimum Gasteiger partial charge on any atom is -0.493 e. The third-order valence-electron chi connectivity index (χ3n) is 3.57. The van der Waals surface area contributed by atoms with Crippen molar-refractivity contribution in [1.29, 1.82) is 0 Å². The second kappa shape index (κ2) is 7.44. The highest BCUT2D eigenvalue weighted by Gasteiger charge is 2.16. The number of thiazole rings is 1. The summed E-state index contributed by atoms with van der Waals surface area (Å²) in [7, 11) is 0. The summed E-state index contributed by atoms with van der Waals surface area (Å²) in [6, 6.07) is 13.2. The molecule has 6 heteroatoms. The molecule has 3 aromatic rings. The number of halogens is 1. The maximum atomic E-state index is 13.1. The third-order valence-corrected chi connectivity index (χ3v) is 4.45. The quantitative estimate of drug-likeness (QED) is 0.707. The predicted octanol–water partition coefficient (Wildman–Crippen LogP) is 4.91. The fraction of sp³-hybridized carbons (Fsp3) is 0.158. The van der Waals surface area contributed by atoms with Crippen LogP contribution in [-0.4, -0.2) is 17.5 Å². The number of anilines is 1. The first-order valence-corrected chi connectivity index (χ1v) is 8.66. The van der Waals surface area contributed by atoms with Gasteiger partial charge in [-0.25, -0.2) is 9.37 Å². The molecule has 0 spiro atoms. The first kappa shape index (κ1) is 17.1. The van der Waals surface area contributed by atoms with Crippen LogP contribution in [0.3, 0.4) is 0 Å². The summed E-state index contributed by atoms with van der Waals surface area (Å²) in [4.78, 5) is 18.0. The number of nitrogens with one attached hydrogen (secondary N) is 1. The van der Waals surface area contributed by atoms with Gasteiger partial charge in [0.05, 0.1) is 17.9 Å². The van der Waals surface area contributed by atoms with Crippen molar-refractivity contribution in [3.63, 3.8) is 0 Å². The van der Waals surface area contributed by atoms with Crippen molar-refractivity contribution in [2.45, 2.75) is 13.8 Å². The Kier molecular flexibility index (Phi) is 5.09. The molecule has 4 nitrogen and oxygen atoms in total. The van der Waals surface area contributed by atoms with Crippen LogP contribution >= 0.6 is 11.3 Å². The van der Waals surface area contributed by atoms with Gasteiger partial charge in [0.15, 0.2) is 5.13 Å². The van der Waals surface area contributed by atoms with Crippen molar-refractivity contribution in [2.75, 3.05) is 11.9 Å². The van der Waals surface area contributed by atoms with Gasteiger partial charge in [0.25, 0.3) is 5.91 Å². The normalized spacial score (nSPS) is 10.5. The lowest BCUT2D eigenvalue weighted by atomic mass is 10.1. The zero-order valence-electron chi connectivity index (χ0n) is 13.9. The topological polar surface area (TPSA) is 51.2 Å². The van der Waals surface area contributed by atoms with Crippen LogP contribution in [-0.2, 0) is 0 Å². The first-order valence-electron chi connectivity index (χ1n) is 7.85. The molecule has 1 aromatic heterocycles. The number of amides is 1. The fourth-order valence-corrected chi connectivity index (χ4v) is 3.26. The Labute approximate surface area is 149 Å². The number of hydrogen-bond donors (Lipinski definition) is 1. The highest BCUT2D eigenvalue weighted by atomic mass is 32.1. The molecule has 0 aliphatic carbocycles. The molecule has 0 unspecified atom stereocenters. The summed E-state index contributed by atoms with van der Waals surface area (Å²) in [6.07, 6.45) is 0. The SMILES string of the molecule is CCOc1ccccc1C(=O)Nc1nc(-c2ccc(F)cc2)c(C)s1. The molecule has 0 saturated heterocycles. The molecular weight excluding hydrogens is 339 g/mol. The van der Waals surface area contributed by atoms with Gasteiger partial charge in [0.2, 0.25) is 0 Å². The number of hydrogen-bond acceptors (Lipinski definition) is 4. The minimum absolute atomic E-state index is 0.275. The van der Waals surface area contributed by atoms with Crippen LogP contribution in [0.4, 0.5) is 9.52 Å². The van der Waals surface area contributed by atoms with Crippen LogP contribution in [0.5, 0.6) is 5.75 Å². The van der Waals surface area contributed by atoms with E-state index in [2.05, 4.69) is 10.3 Å². The molecule has 2 aromatic carbocycles. The lowest BCUT2D eigenvalue weighted by Crippen LogP contribution is -2.13. The standard InChI is InChI=1S/C19H17FN2O2S/c1-3-24-16-7-5-4-6-15(16)18(23)22-19-21-17(12(2)25-19)13-8-10-14(20)11-9-13/h4-11H,3H2,1-2H3,(H,21,22,23). The van der Waals surface area contributed by atoms with Crippen molar-refractivity contribution in [2.24, 2.45) is 0 Å². The molecule has 1 N–H and O–H groups in total. The summed E-state index contributed by atoms with van der Waals surface area (Å²) in [5, 5.41) is 3.31. The molecule has 1 heterocycles. The summed E-state index contributed by atoms with van der Waals surface area (Å²) in [5.74, 6) is -0.0318. The molecule has 1 amide bonds. The van der Waals surface area contributed by atoms with Crippen molar-refractivity contribution < 1.29 is 13.9 Å². The van der Waals surface area contributed by atoms with E-state index in [4.69, 9.17) is 4.74 Å². The monoisotopic (exact) mass is 356 g/mol. The molecule has 25 heavy (non-hydrogen) atoms. The second-order valence-electron chi connectivity index (χ2n) is 5.31. The largest absolute Gasteiger partial charge is 0.493 e. The van der Waals surface area contributed by atoms with Crippen LogP contribution in [0.1, 0.15) is 22.2 Å². The number of carbonyl (C=O) groups excluding carboxylic acids is 1. The average Bonchev–Trinajstić information content (AvgIpc) is 2.96. The summed E-state index contributed by atoms with van der Waals surface area (Å²) in [5.41, 5.74) is 2.00. The number of aryl methyl sites for hydroxylation is 1. The maximum absolute atomic E-state index is 13.1. The van der Waals surface area contributed by atoms with Crippen molar-refractivity contribution in [1.82, 2.24) is 4.98 Å². The molecule has 0 saturated carbocycles. The molecule has 3 rings (SSSR count). The fourth-order valence-electron chi connectivity index (χ4n) is 2.43. The second-order valence-corrected chi connectivity index (χ2v) is 6.52. The van der Waals surface area contributed by atoms with Crippen LogP contribution in [0.25, 0.3) is 11.3 Å². The Hall–Kier alpha value is -2.73. The smallest absolute Gasteiger partial charge is 0.261 e. The number of benzene rings is 2. The highest BCUT2D eigenvalue weighted by Crippen LogP contribution is 2.31. The molecule has 0 aliphatic rings. The van der Waals surface area contributed by atoms with E-state index in [-0.39, 0.29) is 11.7 Å². The summed E-state index contributed by atoms with van der Waals surface area (Å²) < 4.78 is 18.6. The molecule has 0 radical (unpaired) electrons. The zero-order valence-corrected chi connectivity index (χ0v) is 14.7. The van der Waals surface area contributed by atoms with Crippen LogP contribution < -0.4 is 10.1 Å². The van der Waals surface area contributed by atoms with Crippen LogP contribution in [0, 0.1) is 12.7 Å². The van der Waals surface area contributed by atoms with E-state index in [1.807, 2.05) is 19.9 Å². The van der Waals surface area contributed by atoms with E-state index in [9.17, 15) is 9.18 Å². The van der Waals surface area contributed by atoms with Gasteiger partial charge in [-0.15, -0.1) is 11.3 Å². The number of aromatic nitrogens is 1.